The molecule has 1 aromatic heterocycles. The molecule has 1 heterocycles. The van der Waals surface area contributed by atoms with Crippen molar-refractivity contribution >= 4 is 23.0 Å². The minimum Gasteiger partial charge on any atom is -0.481 e. The zero-order valence-electron chi connectivity index (χ0n) is 20.4. The van der Waals surface area contributed by atoms with Crippen molar-refractivity contribution in [3.63, 3.8) is 0 Å². The van der Waals surface area contributed by atoms with Gasteiger partial charge in [0.25, 0.3) is 0 Å². The number of H-pyrrole nitrogens is 1. The molecule has 0 aliphatic heterocycles. The average molecular weight is 484 g/mol. The average Bonchev–Trinajstić information content (AvgIpc) is 3.22. The molecule has 0 fully saturated rings. The van der Waals surface area contributed by atoms with E-state index < -0.39 is 17.7 Å². The third kappa shape index (κ3) is 8.10. The van der Waals surface area contributed by atoms with Gasteiger partial charge < -0.3 is 25.5 Å². The van der Waals surface area contributed by atoms with E-state index in [2.05, 4.69) is 15.6 Å². The standard InChI is InChI=1S/C27H34FN3O4/c1-27(2,3)35-26(34)30-16-19(13-12-18-8-4-6-10-22(18)28)31-24(14-15-25(32)33)21-17-29-23-11-7-5-9-20(21)23/h4-11,17,19,24,29,31H,12-16H2,1-3H3,(H,30,34)(H,32,33)/t19?,24-/m1/s1. The van der Waals surface area contributed by atoms with E-state index in [1.807, 2.05) is 30.5 Å². The summed E-state index contributed by atoms with van der Waals surface area (Å²) in [7, 11) is 0. The Morgan fingerprint density at radius 2 is 1.80 bits per heavy atom. The van der Waals surface area contributed by atoms with Crippen LogP contribution in [0.1, 0.15) is 57.2 Å². The summed E-state index contributed by atoms with van der Waals surface area (Å²) in [5, 5.41) is 16.7. The fraction of sp³-hybridized carbons (Fsp3) is 0.407. The molecule has 0 aliphatic rings. The van der Waals surface area contributed by atoms with Crippen LogP contribution in [0, 0.1) is 5.82 Å². The molecule has 0 aliphatic carbocycles. The molecule has 1 amide bonds. The van der Waals surface area contributed by atoms with Crippen LogP contribution in [0.25, 0.3) is 10.9 Å². The van der Waals surface area contributed by atoms with Gasteiger partial charge >= 0.3 is 12.1 Å². The Balaban J connectivity index is 1.80. The second-order valence-corrected chi connectivity index (χ2v) is 9.65. The molecule has 0 spiro atoms. The Kier molecular flexibility index (Phi) is 8.87. The number of amides is 1. The van der Waals surface area contributed by atoms with E-state index in [0.717, 1.165) is 16.5 Å². The number of carboxylic acid groups (broad SMARTS) is 1. The minimum absolute atomic E-state index is 0.0172. The van der Waals surface area contributed by atoms with Crippen molar-refractivity contribution in [2.45, 2.75) is 64.1 Å². The lowest BCUT2D eigenvalue weighted by Crippen LogP contribution is -2.44. The zero-order valence-corrected chi connectivity index (χ0v) is 20.4. The smallest absolute Gasteiger partial charge is 0.407 e. The molecule has 35 heavy (non-hydrogen) atoms. The van der Waals surface area contributed by atoms with Crippen LogP contribution in [-0.4, -0.2) is 40.3 Å². The van der Waals surface area contributed by atoms with Gasteiger partial charge in [0.15, 0.2) is 0 Å². The molecule has 8 heteroatoms. The number of fused-ring (bicyclic) bond motifs is 1. The topological polar surface area (TPSA) is 103 Å². The Bertz CT molecular complexity index is 1140. The maximum atomic E-state index is 14.2. The number of aromatic nitrogens is 1. The highest BCUT2D eigenvalue weighted by Gasteiger charge is 2.23. The van der Waals surface area contributed by atoms with Crippen LogP contribution in [0.4, 0.5) is 9.18 Å². The van der Waals surface area contributed by atoms with Gasteiger partial charge in [0.1, 0.15) is 11.4 Å². The second-order valence-electron chi connectivity index (χ2n) is 9.65. The highest BCUT2D eigenvalue weighted by atomic mass is 19.1. The molecular weight excluding hydrogens is 449 g/mol. The van der Waals surface area contributed by atoms with Crippen molar-refractivity contribution in [2.75, 3.05) is 6.54 Å². The number of carbonyl (C=O) groups is 2. The van der Waals surface area contributed by atoms with E-state index in [-0.39, 0.29) is 30.9 Å². The molecule has 0 saturated heterocycles. The number of aliphatic carboxylic acids is 1. The van der Waals surface area contributed by atoms with Gasteiger partial charge in [-0.05, 0) is 63.3 Å². The summed E-state index contributed by atoms with van der Waals surface area (Å²) in [6.45, 7) is 5.62. The van der Waals surface area contributed by atoms with E-state index in [1.165, 1.54) is 6.07 Å². The first-order valence-corrected chi connectivity index (χ1v) is 11.9. The highest BCUT2D eigenvalue weighted by molar-refractivity contribution is 5.83. The number of hydrogen-bond acceptors (Lipinski definition) is 4. The lowest BCUT2D eigenvalue weighted by atomic mass is 9.98. The number of nitrogens with one attached hydrogen (secondary N) is 3. The number of aromatic amines is 1. The van der Waals surface area contributed by atoms with Gasteiger partial charge in [-0.2, -0.15) is 0 Å². The van der Waals surface area contributed by atoms with Crippen molar-refractivity contribution in [1.29, 1.82) is 0 Å². The van der Waals surface area contributed by atoms with E-state index in [4.69, 9.17) is 4.74 Å². The molecule has 1 unspecified atom stereocenters. The van der Waals surface area contributed by atoms with E-state index in [9.17, 15) is 19.1 Å². The summed E-state index contributed by atoms with van der Waals surface area (Å²) >= 11 is 0. The summed E-state index contributed by atoms with van der Waals surface area (Å²) in [5.74, 6) is -1.16. The number of rotatable bonds is 11. The van der Waals surface area contributed by atoms with Crippen LogP contribution in [0.2, 0.25) is 0 Å². The Labute approximate surface area is 205 Å². The normalized spacial score (nSPS) is 13.4. The van der Waals surface area contributed by atoms with Gasteiger partial charge in [0.2, 0.25) is 0 Å². The van der Waals surface area contributed by atoms with Gasteiger partial charge in [0, 0.05) is 42.1 Å². The molecule has 0 bridgehead atoms. The van der Waals surface area contributed by atoms with Crippen LogP contribution in [0.3, 0.4) is 0 Å². The molecule has 188 valence electrons. The second kappa shape index (κ2) is 11.8. The number of halogens is 1. The fourth-order valence-corrected chi connectivity index (χ4v) is 4.06. The van der Waals surface area contributed by atoms with E-state index >= 15 is 0 Å². The van der Waals surface area contributed by atoms with Gasteiger partial charge in [-0.25, -0.2) is 9.18 Å². The van der Waals surface area contributed by atoms with Crippen molar-refractivity contribution in [1.82, 2.24) is 15.6 Å². The quantitative estimate of drug-likeness (QED) is 0.295. The predicted octanol–water partition coefficient (Wildman–Crippen LogP) is 5.33. The molecule has 2 atom stereocenters. The number of ether oxygens (including phenoxy) is 1. The Morgan fingerprint density at radius 3 is 2.51 bits per heavy atom. The maximum absolute atomic E-state index is 14.2. The summed E-state index contributed by atoms with van der Waals surface area (Å²) in [6.07, 6.45) is 2.68. The highest BCUT2D eigenvalue weighted by Crippen LogP contribution is 2.28. The molecule has 4 N–H and O–H groups in total. The largest absolute Gasteiger partial charge is 0.481 e. The fourth-order valence-electron chi connectivity index (χ4n) is 4.06. The molecule has 3 rings (SSSR count). The molecular formula is C27H34FN3O4. The van der Waals surface area contributed by atoms with Gasteiger partial charge in [0.05, 0.1) is 0 Å². The number of hydrogen-bond donors (Lipinski definition) is 4. The minimum atomic E-state index is -0.883. The summed E-state index contributed by atoms with van der Waals surface area (Å²) in [4.78, 5) is 26.9. The zero-order chi connectivity index (χ0) is 25.4. The number of alkyl carbamates (subject to hydrolysis) is 1. The number of carboxylic acids is 1. The van der Waals surface area contributed by atoms with Crippen molar-refractivity contribution in [3.05, 3.63) is 71.7 Å². The van der Waals surface area contributed by atoms with Crippen LogP contribution in [0.5, 0.6) is 0 Å². The van der Waals surface area contributed by atoms with E-state index in [1.54, 1.807) is 39.0 Å². The summed E-state index contributed by atoms with van der Waals surface area (Å²) in [5.41, 5.74) is 1.87. The van der Waals surface area contributed by atoms with E-state index in [0.29, 0.717) is 24.8 Å². The monoisotopic (exact) mass is 483 g/mol. The van der Waals surface area contributed by atoms with Crippen molar-refractivity contribution < 1.29 is 23.8 Å². The lowest BCUT2D eigenvalue weighted by molar-refractivity contribution is -0.137. The Morgan fingerprint density at radius 1 is 1.09 bits per heavy atom. The van der Waals surface area contributed by atoms with Crippen LogP contribution in [0.15, 0.2) is 54.7 Å². The lowest BCUT2D eigenvalue weighted by Gasteiger charge is -2.27. The number of aryl methyl sites for hydroxylation is 1. The third-order valence-electron chi connectivity index (χ3n) is 5.69. The SMILES string of the molecule is CC(C)(C)OC(=O)NCC(CCc1ccccc1F)N[C@H](CCC(=O)O)c1c[nH]c2ccccc12. The number of para-hydroxylation sites is 1. The number of benzene rings is 2. The van der Waals surface area contributed by atoms with Crippen LogP contribution >= 0.6 is 0 Å². The first-order valence-electron chi connectivity index (χ1n) is 11.9. The molecule has 0 saturated carbocycles. The summed E-state index contributed by atoms with van der Waals surface area (Å²) in [6, 6.07) is 13.9. The van der Waals surface area contributed by atoms with Crippen molar-refractivity contribution in [3.8, 4) is 0 Å². The van der Waals surface area contributed by atoms with Crippen molar-refractivity contribution in [2.24, 2.45) is 0 Å². The third-order valence-corrected chi connectivity index (χ3v) is 5.69. The first kappa shape index (κ1) is 26.2. The van der Waals surface area contributed by atoms with Crippen LogP contribution in [-0.2, 0) is 16.0 Å². The Hall–Kier alpha value is -3.39. The molecule has 7 nitrogen and oxygen atoms in total. The van der Waals surface area contributed by atoms with Gasteiger partial charge in [-0.15, -0.1) is 0 Å². The van der Waals surface area contributed by atoms with Crippen LogP contribution < -0.4 is 10.6 Å². The molecule has 3 aromatic rings. The summed E-state index contributed by atoms with van der Waals surface area (Å²) < 4.78 is 19.6. The molecule has 0 radical (unpaired) electrons. The van der Waals surface area contributed by atoms with Gasteiger partial charge in [-0.3, -0.25) is 4.79 Å². The molecule has 2 aromatic carbocycles. The predicted molar refractivity (Wildman–Crippen MR) is 134 cm³/mol. The number of carbonyl (C=O) groups excluding carboxylic acids is 1. The van der Waals surface area contributed by atoms with Gasteiger partial charge in [-0.1, -0.05) is 36.4 Å². The first-order chi connectivity index (χ1) is 16.6. The maximum Gasteiger partial charge on any atom is 0.407 e.